The summed E-state index contributed by atoms with van der Waals surface area (Å²) in [7, 11) is 2.90. The number of anilines is 1. The number of hydroxylamine groups is 1. The lowest BCUT2D eigenvalue weighted by Crippen LogP contribution is -2.11. The summed E-state index contributed by atoms with van der Waals surface area (Å²) in [6.07, 6.45) is 2.34. The Morgan fingerprint density at radius 2 is 1.75 bits per heavy atom. The number of ether oxygens (including phenoxy) is 2. The molecule has 0 bridgehead atoms. The molecule has 2 N–H and O–H groups in total. The van der Waals surface area contributed by atoms with Gasteiger partial charge in [-0.05, 0) is 67.4 Å². The summed E-state index contributed by atoms with van der Waals surface area (Å²) in [4.78, 5) is 16.6. The van der Waals surface area contributed by atoms with Crippen LogP contribution in [-0.2, 0) is 27.3 Å². The van der Waals surface area contributed by atoms with Gasteiger partial charge in [0.1, 0.15) is 17.7 Å². The molecule has 0 fully saturated rings. The maximum Gasteiger partial charge on any atom is 0.305 e. The fourth-order valence-electron chi connectivity index (χ4n) is 3.98. The van der Waals surface area contributed by atoms with Crippen molar-refractivity contribution in [2.45, 2.75) is 26.3 Å². The van der Waals surface area contributed by atoms with Gasteiger partial charge in [-0.2, -0.15) is 5.26 Å². The van der Waals surface area contributed by atoms with E-state index in [1.807, 2.05) is 67.6 Å². The number of nitrogens with zero attached hydrogens (tertiary/aromatic N) is 2. The standard InChI is InChI=1S/C31H30N4O5/c1-21-28(16-17-30(36)37-2)31(40-34-21)25-10-12-26(13-11-25)33-19-23-6-14-27(15-7-23)39-20-29(35-38-3)24-8-4-22(18-32)5-9-24/h4-15,20,33,35H,16-17,19H2,1-3H3. The molecule has 3 aromatic carbocycles. The lowest BCUT2D eigenvalue weighted by atomic mass is 10.0. The predicted octanol–water partition coefficient (Wildman–Crippen LogP) is 5.77. The number of carbonyl (C=O) groups is 1. The van der Waals surface area contributed by atoms with Crippen LogP contribution in [0.2, 0.25) is 0 Å². The summed E-state index contributed by atoms with van der Waals surface area (Å²) in [6.45, 7) is 2.50. The largest absolute Gasteiger partial charge is 0.469 e. The molecule has 0 radical (unpaired) electrons. The number of esters is 1. The third-order valence-corrected chi connectivity index (χ3v) is 6.21. The van der Waals surface area contributed by atoms with Crippen LogP contribution < -0.4 is 15.5 Å². The molecular formula is C31H30N4O5. The van der Waals surface area contributed by atoms with E-state index in [0.29, 0.717) is 35.7 Å². The normalized spacial score (nSPS) is 11.0. The Hall–Kier alpha value is -5.07. The zero-order chi connectivity index (χ0) is 28.3. The van der Waals surface area contributed by atoms with Crippen LogP contribution in [0.1, 0.15) is 34.4 Å². The molecule has 9 nitrogen and oxygen atoms in total. The minimum Gasteiger partial charge on any atom is -0.469 e. The summed E-state index contributed by atoms with van der Waals surface area (Å²) in [5.74, 6) is 1.07. The van der Waals surface area contributed by atoms with Gasteiger partial charge >= 0.3 is 5.97 Å². The molecule has 204 valence electrons. The monoisotopic (exact) mass is 538 g/mol. The summed E-state index contributed by atoms with van der Waals surface area (Å²) in [5.41, 5.74) is 9.43. The highest BCUT2D eigenvalue weighted by molar-refractivity contribution is 5.71. The van der Waals surface area contributed by atoms with Gasteiger partial charge in [-0.15, -0.1) is 0 Å². The van der Waals surface area contributed by atoms with Crippen molar-refractivity contribution >= 4 is 17.4 Å². The number of benzene rings is 3. The number of nitriles is 1. The van der Waals surface area contributed by atoms with Gasteiger partial charge in [0.15, 0.2) is 5.76 Å². The van der Waals surface area contributed by atoms with Crippen LogP contribution in [0.15, 0.2) is 83.6 Å². The maximum absolute atomic E-state index is 11.6. The summed E-state index contributed by atoms with van der Waals surface area (Å²) in [5, 5.41) is 16.5. The van der Waals surface area contributed by atoms with E-state index in [1.165, 1.54) is 14.2 Å². The Morgan fingerprint density at radius 3 is 2.40 bits per heavy atom. The molecule has 0 aliphatic heterocycles. The highest BCUT2D eigenvalue weighted by atomic mass is 16.6. The van der Waals surface area contributed by atoms with Gasteiger partial charge in [0.25, 0.3) is 0 Å². The minimum absolute atomic E-state index is 0.266. The number of carbonyl (C=O) groups excluding carboxylic acids is 1. The Balaban J connectivity index is 1.34. The molecule has 1 heterocycles. The van der Waals surface area contributed by atoms with Crippen molar-refractivity contribution in [1.82, 2.24) is 10.6 Å². The molecule has 0 amide bonds. The quantitative estimate of drug-likeness (QED) is 0.132. The van der Waals surface area contributed by atoms with E-state index in [4.69, 9.17) is 24.1 Å². The first-order valence-electron chi connectivity index (χ1n) is 12.6. The maximum atomic E-state index is 11.6. The van der Waals surface area contributed by atoms with Crippen molar-refractivity contribution in [3.05, 3.63) is 107 Å². The molecule has 0 spiro atoms. The van der Waals surface area contributed by atoms with Crippen LogP contribution in [0, 0.1) is 18.3 Å². The number of nitrogens with one attached hydrogen (secondary N) is 2. The third kappa shape index (κ3) is 7.28. The van der Waals surface area contributed by atoms with E-state index >= 15 is 0 Å². The van der Waals surface area contributed by atoms with Crippen LogP contribution in [0.25, 0.3) is 17.0 Å². The van der Waals surface area contributed by atoms with Crippen LogP contribution in [0.5, 0.6) is 5.75 Å². The van der Waals surface area contributed by atoms with Crippen molar-refractivity contribution in [3.63, 3.8) is 0 Å². The first-order valence-corrected chi connectivity index (χ1v) is 12.6. The third-order valence-electron chi connectivity index (χ3n) is 6.21. The van der Waals surface area contributed by atoms with Gasteiger partial charge < -0.3 is 19.3 Å². The second-order valence-electron chi connectivity index (χ2n) is 8.87. The van der Waals surface area contributed by atoms with Gasteiger partial charge in [-0.3, -0.25) is 15.1 Å². The van der Waals surface area contributed by atoms with Crippen molar-refractivity contribution in [1.29, 1.82) is 5.26 Å². The van der Waals surface area contributed by atoms with Gasteiger partial charge in [0.05, 0.1) is 31.5 Å². The average molecular weight is 539 g/mol. The van der Waals surface area contributed by atoms with Crippen LogP contribution in [-0.4, -0.2) is 25.3 Å². The van der Waals surface area contributed by atoms with Crippen LogP contribution in [0.3, 0.4) is 0 Å². The summed E-state index contributed by atoms with van der Waals surface area (Å²) in [6, 6.07) is 24.8. The summed E-state index contributed by atoms with van der Waals surface area (Å²) < 4.78 is 16.1. The molecule has 0 aliphatic carbocycles. The number of hydrogen-bond acceptors (Lipinski definition) is 9. The smallest absolute Gasteiger partial charge is 0.305 e. The second kappa shape index (κ2) is 13.6. The van der Waals surface area contributed by atoms with E-state index in [0.717, 1.165) is 33.6 Å². The number of aromatic nitrogens is 1. The molecule has 40 heavy (non-hydrogen) atoms. The molecule has 9 heteroatoms. The van der Waals surface area contributed by atoms with Gasteiger partial charge in [0, 0.05) is 35.3 Å². The Labute approximate surface area is 232 Å². The van der Waals surface area contributed by atoms with E-state index in [9.17, 15) is 4.79 Å². The second-order valence-corrected chi connectivity index (χ2v) is 8.87. The zero-order valence-corrected chi connectivity index (χ0v) is 22.6. The fraction of sp³-hybridized carbons (Fsp3) is 0.194. The van der Waals surface area contributed by atoms with Gasteiger partial charge in [0.2, 0.25) is 0 Å². The fourth-order valence-corrected chi connectivity index (χ4v) is 3.98. The number of rotatable bonds is 12. The minimum atomic E-state index is -0.266. The zero-order valence-electron chi connectivity index (χ0n) is 22.6. The number of methoxy groups -OCH3 is 1. The Kier molecular flexibility index (Phi) is 9.53. The van der Waals surface area contributed by atoms with Crippen LogP contribution in [0.4, 0.5) is 5.69 Å². The van der Waals surface area contributed by atoms with Gasteiger partial charge in [-0.25, -0.2) is 0 Å². The van der Waals surface area contributed by atoms with Crippen molar-refractivity contribution in [3.8, 4) is 23.1 Å². The van der Waals surface area contributed by atoms with E-state index in [2.05, 4.69) is 22.0 Å². The molecule has 0 aliphatic rings. The number of aryl methyl sites for hydroxylation is 1. The number of hydrogen-bond donors (Lipinski definition) is 2. The van der Waals surface area contributed by atoms with Crippen molar-refractivity contribution in [2.24, 2.45) is 0 Å². The molecule has 0 saturated heterocycles. The SMILES string of the molecule is CONC(=COc1ccc(CNc2ccc(-c3onc(C)c3CCC(=O)OC)cc2)cc1)c1ccc(C#N)cc1. The Bertz CT molecular complexity index is 1480. The predicted molar refractivity (Wildman–Crippen MR) is 151 cm³/mol. The Morgan fingerprint density at radius 1 is 1.02 bits per heavy atom. The molecule has 0 atom stereocenters. The van der Waals surface area contributed by atoms with E-state index in [-0.39, 0.29) is 12.4 Å². The van der Waals surface area contributed by atoms with Gasteiger partial charge in [-0.1, -0.05) is 29.4 Å². The first-order chi connectivity index (χ1) is 19.5. The first kappa shape index (κ1) is 28.0. The van der Waals surface area contributed by atoms with Crippen LogP contribution >= 0.6 is 0 Å². The summed E-state index contributed by atoms with van der Waals surface area (Å²) >= 11 is 0. The van der Waals surface area contributed by atoms with E-state index < -0.39 is 0 Å². The topological polar surface area (TPSA) is 119 Å². The van der Waals surface area contributed by atoms with Crippen molar-refractivity contribution in [2.75, 3.05) is 19.5 Å². The molecule has 4 rings (SSSR count). The highest BCUT2D eigenvalue weighted by Gasteiger charge is 2.16. The molecular weight excluding hydrogens is 508 g/mol. The average Bonchev–Trinajstić information content (AvgIpc) is 3.37. The lowest BCUT2D eigenvalue weighted by Gasteiger charge is -2.11. The highest BCUT2D eigenvalue weighted by Crippen LogP contribution is 2.28. The molecule has 0 saturated carbocycles. The molecule has 1 aromatic heterocycles. The van der Waals surface area contributed by atoms with Crippen molar-refractivity contribution < 1.29 is 23.6 Å². The molecule has 4 aromatic rings. The molecule has 0 unspecified atom stereocenters. The van der Waals surface area contributed by atoms with E-state index in [1.54, 1.807) is 18.4 Å². The lowest BCUT2D eigenvalue weighted by molar-refractivity contribution is -0.140.